The van der Waals surface area contributed by atoms with Crippen molar-refractivity contribution < 1.29 is 4.79 Å². The minimum atomic E-state index is -0.0377. The van der Waals surface area contributed by atoms with Crippen LogP contribution in [-0.2, 0) is 0 Å². The molecule has 0 unspecified atom stereocenters. The quantitative estimate of drug-likeness (QED) is 0.446. The molecule has 2 rings (SSSR count). The highest BCUT2D eigenvalue weighted by Crippen LogP contribution is 2.13. The molecule has 0 aliphatic rings. The summed E-state index contributed by atoms with van der Waals surface area (Å²) in [4.78, 5) is 14.0. The molecule has 2 aromatic carbocycles. The van der Waals surface area contributed by atoms with E-state index in [9.17, 15) is 4.79 Å². The summed E-state index contributed by atoms with van der Waals surface area (Å²) in [6.07, 6.45) is 7.12. The van der Waals surface area contributed by atoms with Crippen LogP contribution in [0.25, 0.3) is 6.08 Å². The van der Waals surface area contributed by atoms with E-state index in [2.05, 4.69) is 17.0 Å². The van der Waals surface area contributed by atoms with Crippen LogP contribution in [-0.4, -0.2) is 19.9 Å². The summed E-state index contributed by atoms with van der Waals surface area (Å²) in [5.41, 5.74) is 2.88. The van der Waals surface area contributed by atoms with E-state index in [0.717, 1.165) is 11.3 Å². The van der Waals surface area contributed by atoms with Gasteiger partial charge in [-0.25, -0.2) is 0 Å². The molecule has 0 amide bonds. The van der Waals surface area contributed by atoms with E-state index in [4.69, 9.17) is 11.6 Å². The van der Waals surface area contributed by atoms with E-state index in [1.54, 1.807) is 36.4 Å². The number of hydrogen-bond donors (Lipinski definition) is 0. The van der Waals surface area contributed by atoms with E-state index < -0.39 is 0 Å². The zero-order valence-corrected chi connectivity index (χ0v) is 13.4. The lowest BCUT2D eigenvalue weighted by Crippen LogP contribution is -2.07. The smallest absolute Gasteiger partial charge is 0.185 e. The molecule has 0 aliphatic heterocycles. The largest absolute Gasteiger partial charge is 0.378 e. The Balaban J connectivity index is 1.96. The van der Waals surface area contributed by atoms with Crippen LogP contribution in [0, 0.1) is 0 Å². The number of allylic oxidation sites excluding steroid dienone is 3. The number of nitrogens with zero attached hydrogens (tertiary/aromatic N) is 1. The number of benzene rings is 2. The summed E-state index contributed by atoms with van der Waals surface area (Å²) in [7, 11) is 4.02. The molecule has 0 heterocycles. The molecule has 3 heteroatoms. The highest BCUT2D eigenvalue weighted by Gasteiger charge is 1.99. The Kier molecular flexibility index (Phi) is 5.56. The highest BCUT2D eigenvalue weighted by atomic mass is 35.5. The minimum Gasteiger partial charge on any atom is -0.378 e. The first kappa shape index (κ1) is 16.1. The fourth-order valence-electron chi connectivity index (χ4n) is 1.90. The van der Waals surface area contributed by atoms with Crippen LogP contribution >= 0.6 is 11.6 Å². The zero-order chi connectivity index (χ0) is 15.9. The summed E-state index contributed by atoms with van der Waals surface area (Å²) in [6.45, 7) is 0. The van der Waals surface area contributed by atoms with Crippen molar-refractivity contribution in [3.05, 3.63) is 82.9 Å². The molecule has 0 radical (unpaired) electrons. The van der Waals surface area contributed by atoms with Crippen LogP contribution in [0.1, 0.15) is 15.9 Å². The summed E-state index contributed by atoms with van der Waals surface area (Å²) in [5.74, 6) is -0.0377. The molecular weight excluding hydrogens is 294 g/mol. The second-order valence-corrected chi connectivity index (χ2v) is 5.51. The second kappa shape index (κ2) is 7.62. The van der Waals surface area contributed by atoms with Gasteiger partial charge in [0.05, 0.1) is 0 Å². The van der Waals surface area contributed by atoms with Crippen LogP contribution in [0.15, 0.2) is 66.8 Å². The third kappa shape index (κ3) is 4.61. The lowest BCUT2D eigenvalue weighted by molar-refractivity contribution is 0.104. The Hall–Kier alpha value is -2.32. The SMILES string of the molecule is CN(C)c1ccc(/C=C/C=C/C(=O)c2ccc(Cl)cc2)cc1. The molecule has 0 saturated carbocycles. The van der Waals surface area contributed by atoms with Crippen molar-refractivity contribution in [2.45, 2.75) is 0 Å². The molecule has 0 N–H and O–H groups in total. The Morgan fingerprint density at radius 3 is 2.18 bits per heavy atom. The average molecular weight is 312 g/mol. The molecule has 2 nitrogen and oxygen atoms in total. The van der Waals surface area contributed by atoms with Crippen LogP contribution in [0.2, 0.25) is 5.02 Å². The number of anilines is 1. The molecular formula is C19H18ClNO. The van der Waals surface area contributed by atoms with Crippen molar-refractivity contribution in [1.29, 1.82) is 0 Å². The monoisotopic (exact) mass is 311 g/mol. The van der Waals surface area contributed by atoms with Crippen molar-refractivity contribution in [3.63, 3.8) is 0 Å². The number of halogens is 1. The van der Waals surface area contributed by atoms with Gasteiger partial charge in [-0.2, -0.15) is 0 Å². The number of rotatable bonds is 5. The molecule has 0 spiro atoms. The number of hydrogen-bond acceptors (Lipinski definition) is 2. The van der Waals surface area contributed by atoms with Crippen molar-refractivity contribution >= 4 is 29.1 Å². The van der Waals surface area contributed by atoms with E-state index in [1.165, 1.54) is 0 Å². The fraction of sp³-hybridized carbons (Fsp3) is 0.105. The first-order valence-corrected chi connectivity index (χ1v) is 7.36. The van der Waals surface area contributed by atoms with E-state index in [0.29, 0.717) is 10.6 Å². The van der Waals surface area contributed by atoms with Crippen LogP contribution in [0.3, 0.4) is 0 Å². The molecule has 0 atom stereocenters. The molecule has 0 aliphatic carbocycles. The summed E-state index contributed by atoms with van der Waals surface area (Å²) in [6, 6.07) is 15.1. The van der Waals surface area contributed by atoms with Crippen molar-refractivity contribution in [2.75, 3.05) is 19.0 Å². The number of carbonyl (C=O) groups excluding carboxylic acids is 1. The van der Waals surface area contributed by atoms with Gasteiger partial charge in [0, 0.05) is 30.4 Å². The molecule has 0 saturated heterocycles. The van der Waals surface area contributed by atoms with Crippen LogP contribution in [0.4, 0.5) is 5.69 Å². The van der Waals surface area contributed by atoms with Crippen molar-refractivity contribution in [1.82, 2.24) is 0 Å². The molecule has 0 fully saturated rings. The number of carbonyl (C=O) groups is 1. The fourth-order valence-corrected chi connectivity index (χ4v) is 2.03. The van der Waals surface area contributed by atoms with Crippen molar-refractivity contribution in [3.8, 4) is 0 Å². The van der Waals surface area contributed by atoms with Gasteiger partial charge in [-0.1, -0.05) is 42.0 Å². The van der Waals surface area contributed by atoms with Gasteiger partial charge < -0.3 is 4.90 Å². The van der Waals surface area contributed by atoms with Gasteiger partial charge in [0.15, 0.2) is 5.78 Å². The minimum absolute atomic E-state index is 0.0377. The van der Waals surface area contributed by atoms with Gasteiger partial charge in [-0.15, -0.1) is 0 Å². The molecule has 2 aromatic rings. The summed E-state index contributed by atoms with van der Waals surface area (Å²) in [5, 5.41) is 0.626. The molecule has 22 heavy (non-hydrogen) atoms. The average Bonchev–Trinajstić information content (AvgIpc) is 2.52. The third-order valence-electron chi connectivity index (χ3n) is 3.19. The lowest BCUT2D eigenvalue weighted by Gasteiger charge is -2.11. The normalized spacial score (nSPS) is 11.2. The third-order valence-corrected chi connectivity index (χ3v) is 3.44. The molecule has 0 bridgehead atoms. The molecule has 112 valence electrons. The van der Waals surface area contributed by atoms with Crippen LogP contribution < -0.4 is 4.90 Å². The van der Waals surface area contributed by atoms with E-state index in [-0.39, 0.29) is 5.78 Å². The standard InChI is InChI=1S/C19H18ClNO/c1-21(2)18-13-7-15(8-14-18)5-3-4-6-19(22)16-9-11-17(20)12-10-16/h3-14H,1-2H3/b5-3+,6-4+. The van der Waals surface area contributed by atoms with Crippen LogP contribution in [0.5, 0.6) is 0 Å². The van der Waals surface area contributed by atoms with Gasteiger partial charge in [-0.3, -0.25) is 4.79 Å². The maximum Gasteiger partial charge on any atom is 0.185 e. The topological polar surface area (TPSA) is 20.3 Å². The highest BCUT2D eigenvalue weighted by molar-refractivity contribution is 6.30. The zero-order valence-electron chi connectivity index (χ0n) is 12.7. The van der Waals surface area contributed by atoms with Gasteiger partial charge >= 0.3 is 0 Å². The van der Waals surface area contributed by atoms with Gasteiger partial charge in [0.25, 0.3) is 0 Å². The lowest BCUT2D eigenvalue weighted by atomic mass is 10.1. The first-order valence-electron chi connectivity index (χ1n) is 6.98. The van der Waals surface area contributed by atoms with Gasteiger partial charge in [0.2, 0.25) is 0 Å². The first-order chi connectivity index (χ1) is 10.6. The maximum absolute atomic E-state index is 11.9. The maximum atomic E-state index is 11.9. The predicted octanol–water partition coefficient (Wildman–Crippen LogP) is 4.86. The summed E-state index contributed by atoms with van der Waals surface area (Å²) < 4.78 is 0. The Morgan fingerprint density at radius 1 is 0.955 bits per heavy atom. The van der Waals surface area contributed by atoms with E-state index >= 15 is 0 Å². The van der Waals surface area contributed by atoms with Gasteiger partial charge in [0.1, 0.15) is 0 Å². The van der Waals surface area contributed by atoms with Crippen molar-refractivity contribution in [2.24, 2.45) is 0 Å². The second-order valence-electron chi connectivity index (χ2n) is 5.08. The molecule has 0 aromatic heterocycles. The number of ketones is 1. The Morgan fingerprint density at radius 2 is 1.59 bits per heavy atom. The Labute approximate surface area is 136 Å². The summed E-state index contributed by atoms with van der Waals surface area (Å²) >= 11 is 5.80. The Bertz CT molecular complexity index is 682. The van der Waals surface area contributed by atoms with E-state index in [1.807, 2.05) is 38.4 Å². The van der Waals surface area contributed by atoms with Gasteiger partial charge in [-0.05, 0) is 48.0 Å². The predicted molar refractivity (Wildman–Crippen MR) is 94.7 cm³/mol.